The maximum Gasteiger partial charge on any atom is 0.0924 e. The van der Waals surface area contributed by atoms with E-state index in [1.807, 2.05) is 12.2 Å². The van der Waals surface area contributed by atoms with Crippen molar-refractivity contribution in [3.8, 4) is 0 Å². The fourth-order valence-electron chi connectivity index (χ4n) is 0.705. The van der Waals surface area contributed by atoms with Gasteiger partial charge in [0.05, 0.1) is 18.2 Å². The Kier molecular flexibility index (Phi) is 2.44. The van der Waals surface area contributed by atoms with Gasteiger partial charge in [-0.15, -0.1) is 0 Å². The second-order valence-electron chi connectivity index (χ2n) is 2.09. The van der Waals surface area contributed by atoms with Gasteiger partial charge in [-0.05, 0) is 5.57 Å². The molecular weight excluding hydrogens is 136 g/mol. The minimum atomic E-state index is 0.905. The van der Waals surface area contributed by atoms with Crippen molar-refractivity contribution in [1.82, 2.24) is 9.97 Å². The van der Waals surface area contributed by atoms with Crippen molar-refractivity contribution in [1.29, 1.82) is 0 Å². The van der Waals surface area contributed by atoms with E-state index < -0.39 is 0 Å². The van der Waals surface area contributed by atoms with E-state index in [4.69, 9.17) is 0 Å². The van der Waals surface area contributed by atoms with Crippen LogP contribution in [-0.4, -0.2) is 9.97 Å². The molecular formula is C9H10N2. The highest BCUT2D eigenvalue weighted by molar-refractivity contribution is 5.69. The van der Waals surface area contributed by atoms with E-state index in [1.165, 1.54) is 0 Å². The number of nitrogens with one attached hydrogen (secondary N) is 1. The zero-order valence-electron chi connectivity index (χ0n) is 6.25. The second kappa shape index (κ2) is 3.56. The summed E-state index contributed by atoms with van der Waals surface area (Å²) in [4.78, 5) is 6.82. The number of aromatic nitrogens is 2. The van der Waals surface area contributed by atoms with Crippen molar-refractivity contribution >= 4 is 5.57 Å². The molecule has 1 N–H and O–H groups in total. The van der Waals surface area contributed by atoms with Gasteiger partial charge in [-0.1, -0.05) is 31.4 Å². The van der Waals surface area contributed by atoms with Gasteiger partial charge < -0.3 is 4.98 Å². The summed E-state index contributed by atoms with van der Waals surface area (Å²) in [5, 5.41) is 0. The average molecular weight is 146 g/mol. The summed E-state index contributed by atoms with van der Waals surface area (Å²) in [7, 11) is 0. The van der Waals surface area contributed by atoms with E-state index in [-0.39, 0.29) is 0 Å². The Morgan fingerprint density at radius 1 is 1.64 bits per heavy atom. The molecule has 0 aromatic carbocycles. The Labute approximate surface area is 66.0 Å². The fourth-order valence-corrected chi connectivity index (χ4v) is 0.705. The van der Waals surface area contributed by atoms with Crippen LogP contribution >= 0.6 is 0 Å². The van der Waals surface area contributed by atoms with E-state index >= 15 is 0 Å². The molecule has 1 heterocycles. The molecule has 0 unspecified atom stereocenters. The highest BCUT2D eigenvalue weighted by Gasteiger charge is 1.92. The molecule has 2 nitrogen and oxygen atoms in total. The van der Waals surface area contributed by atoms with E-state index in [9.17, 15) is 0 Å². The Balaban J connectivity index is 2.71. The molecule has 0 aliphatic carbocycles. The zero-order chi connectivity index (χ0) is 8.10. The smallest absolute Gasteiger partial charge is 0.0924 e. The van der Waals surface area contributed by atoms with E-state index in [0.29, 0.717) is 0 Å². The normalized spacial score (nSPS) is 10.2. The molecule has 0 radical (unpaired) electrons. The van der Waals surface area contributed by atoms with Gasteiger partial charge >= 0.3 is 0 Å². The van der Waals surface area contributed by atoms with Crippen LogP contribution in [-0.2, 0) is 0 Å². The van der Waals surface area contributed by atoms with Crippen LogP contribution in [0.3, 0.4) is 0 Å². The Morgan fingerprint density at radius 3 is 3.00 bits per heavy atom. The Bertz CT molecular complexity index is 268. The molecule has 0 atom stereocenters. The first-order valence-electron chi connectivity index (χ1n) is 3.31. The van der Waals surface area contributed by atoms with E-state index in [2.05, 4.69) is 23.1 Å². The van der Waals surface area contributed by atoms with E-state index in [1.54, 1.807) is 18.6 Å². The third-order valence-electron chi connectivity index (χ3n) is 1.28. The second-order valence-corrected chi connectivity index (χ2v) is 2.09. The molecule has 0 aliphatic heterocycles. The molecule has 1 aromatic heterocycles. The monoisotopic (exact) mass is 146 g/mol. The largest absolute Gasteiger partial charge is 0.345 e. The highest BCUT2D eigenvalue weighted by atomic mass is 14.9. The first-order valence-corrected chi connectivity index (χ1v) is 3.31. The number of H-pyrrole nitrogens is 1. The number of imidazole rings is 1. The summed E-state index contributed by atoms with van der Waals surface area (Å²) in [6.45, 7) is 7.39. The summed E-state index contributed by atoms with van der Waals surface area (Å²) >= 11 is 0. The standard InChI is InChI=1S/C9H10N2/c1-3-4-5-8(2)9-6-10-7-11-9/h3-7H,1-2H2,(H,10,11)/b5-4-. The molecule has 0 spiro atoms. The van der Waals surface area contributed by atoms with Crippen LogP contribution < -0.4 is 0 Å². The zero-order valence-corrected chi connectivity index (χ0v) is 6.25. The maximum atomic E-state index is 3.88. The molecule has 0 saturated carbocycles. The predicted molar refractivity (Wildman–Crippen MR) is 47.0 cm³/mol. The lowest BCUT2D eigenvalue weighted by Gasteiger charge is -1.91. The Hall–Kier alpha value is -1.57. The van der Waals surface area contributed by atoms with Crippen LogP contribution in [0, 0.1) is 0 Å². The molecule has 2 heteroatoms. The van der Waals surface area contributed by atoms with Crippen molar-refractivity contribution in [2.24, 2.45) is 0 Å². The number of aromatic amines is 1. The molecule has 0 aliphatic rings. The summed E-state index contributed by atoms with van der Waals surface area (Å²) < 4.78 is 0. The van der Waals surface area contributed by atoms with Gasteiger partial charge in [0.1, 0.15) is 0 Å². The molecule has 0 amide bonds. The molecule has 11 heavy (non-hydrogen) atoms. The predicted octanol–water partition coefficient (Wildman–Crippen LogP) is 2.17. The van der Waals surface area contributed by atoms with Crippen molar-refractivity contribution in [3.63, 3.8) is 0 Å². The van der Waals surface area contributed by atoms with Gasteiger partial charge in [-0.25, -0.2) is 4.98 Å². The molecule has 0 fully saturated rings. The SMILES string of the molecule is C=C/C=C\C(=C)c1cnc[nH]1. The minimum absolute atomic E-state index is 0.905. The van der Waals surface area contributed by atoms with Gasteiger partial charge in [0.25, 0.3) is 0 Å². The molecule has 56 valence electrons. The number of hydrogen-bond donors (Lipinski definition) is 1. The maximum absolute atomic E-state index is 3.88. The van der Waals surface area contributed by atoms with Crippen LogP contribution in [0.5, 0.6) is 0 Å². The van der Waals surface area contributed by atoms with Gasteiger partial charge in [0, 0.05) is 0 Å². The number of rotatable bonds is 3. The summed E-state index contributed by atoms with van der Waals surface area (Å²) in [6.07, 6.45) is 8.78. The van der Waals surface area contributed by atoms with Crippen LogP contribution in [0.15, 0.2) is 43.9 Å². The summed E-state index contributed by atoms with van der Waals surface area (Å²) in [6, 6.07) is 0. The van der Waals surface area contributed by atoms with Gasteiger partial charge in [-0.2, -0.15) is 0 Å². The summed E-state index contributed by atoms with van der Waals surface area (Å²) in [5.74, 6) is 0. The van der Waals surface area contributed by atoms with Gasteiger partial charge in [0.2, 0.25) is 0 Å². The van der Waals surface area contributed by atoms with Crippen molar-refractivity contribution in [3.05, 3.63) is 49.6 Å². The first kappa shape index (κ1) is 7.54. The van der Waals surface area contributed by atoms with Crippen molar-refractivity contribution < 1.29 is 0 Å². The topological polar surface area (TPSA) is 28.7 Å². The lowest BCUT2D eigenvalue weighted by molar-refractivity contribution is 1.30. The number of nitrogens with zero attached hydrogens (tertiary/aromatic N) is 1. The quantitative estimate of drug-likeness (QED) is 0.650. The van der Waals surface area contributed by atoms with Crippen LogP contribution in [0.1, 0.15) is 5.69 Å². The lowest BCUT2D eigenvalue weighted by Crippen LogP contribution is -1.75. The number of hydrogen-bond acceptors (Lipinski definition) is 1. The van der Waals surface area contributed by atoms with Crippen molar-refractivity contribution in [2.75, 3.05) is 0 Å². The molecule has 1 rings (SSSR count). The van der Waals surface area contributed by atoms with Crippen LogP contribution in [0.4, 0.5) is 0 Å². The lowest BCUT2D eigenvalue weighted by atomic mass is 10.2. The van der Waals surface area contributed by atoms with Crippen LogP contribution in [0.25, 0.3) is 5.57 Å². The third-order valence-corrected chi connectivity index (χ3v) is 1.28. The first-order chi connectivity index (χ1) is 5.34. The summed E-state index contributed by atoms with van der Waals surface area (Å²) in [5.41, 5.74) is 1.84. The third kappa shape index (κ3) is 1.93. The highest BCUT2D eigenvalue weighted by Crippen LogP contribution is 2.08. The fraction of sp³-hybridized carbons (Fsp3) is 0. The van der Waals surface area contributed by atoms with Gasteiger partial charge in [0.15, 0.2) is 0 Å². The molecule has 0 bridgehead atoms. The van der Waals surface area contributed by atoms with Gasteiger partial charge in [-0.3, -0.25) is 0 Å². The minimum Gasteiger partial charge on any atom is -0.345 e. The molecule has 0 saturated heterocycles. The van der Waals surface area contributed by atoms with Crippen molar-refractivity contribution in [2.45, 2.75) is 0 Å². The van der Waals surface area contributed by atoms with Crippen LogP contribution in [0.2, 0.25) is 0 Å². The average Bonchev–Trinajstić information content (AvgIpc) is 2.52. The Morgan fingerprint density at radius 2 is 2.45 bits per heavy atom. The molecule has 1 aromatic rings. The number of allylic oxidation sites excluding steroid dienone is 4. The van der Waals surface area contributed by atoms with E-state index in [0.717, 1.165) is 11.3 Å².